The van der Waals surface area contributed by atoms with Gasteiger partial charge < -0.3 is 10.2 Å². The highest BCUT2D eigenvalue weighted by Gasteiger charge is 2.24. The zero-order valence-electron chi connectivity index (χ0n) is 12.5. The van der Waals surface area contributed by atoms with Crippen molar-refractivity contribution in [1.29, 1.82) is 0 Å². The summed E-state index contributed by atoms with van der Waals surface area (Å²) in [7, 11) is 0. The summed E-state index contributed by atoms with van der Waals surface area (Å²) >= 11 is 0. The van der Waals surface area contributed by atoms with Crippen LogP contribution in [0.3, 0.4) is 0 Å². The van der Waals surface area contributed by atoms with Gasteiger partial charge in [0.25, 0.3) is 0 Å². The molecule has 5 nitrogen and oxygen atoms in total. The van der Waals surface area contributed by atoms with Gasteiger partial charge in [-0.25, -0.2) is 9.97 Å². The number of nitrogens with one attached hydrogen (secondary N) is 1. The van der Waals surface area contributed by atoms with Crippen molar-refractivity contribution >= 4 is 11.9 Å². The molecule has 0 spiro atoms. The summed E-state index contributed by atoms with van der Waals surface area (Å²) < 4.78 is 0. The molecule has 0 atom stereocenters. The van der Waals surface area contributed by atoms with E-state index in [1.54, 1.807) is 12.4 Å². The van der Waals surface area contributed by atoms with Crippen LogP contribution in [0.4, 0.5) is 5.95 Å². The van der Waals surface area contributed by atoms with Crippen LogP contribution in [0.2, 0.25) is 0 Å². The fraction of sp³-hybridized carbons (Fsp3) is 0.688. The average Bonchev–Trinajstić information content (AvgIpc) is 3.02. The van der Waals surface area contributed by atoms with E-state index >= 15 is 0 Å². The topological polar surface area (TPSA) is 58.1 Å². The molecule has 0 radical (unpaired) electrons. The monoisotopic (exact) mass is 288 g/mol. The van der Waals surface area contributed by atoms with Gasteiger partial charge in [-0.2, -0.15) is 0 Å². The molecule has 1 aromatic rings. The van der Waals surface area contributed by atoms with Gasteiger partial charge in [-0.3, -0.25) is 4.79 Å². The normalized spacial score (nSPS) is 20.7. The van der Waals surface area contributed by atoms with Gasteiger partial charge in [-0.1, -0.05) is 12.8 Å². The minimum absolute atomic E-state index is 0.247. The van der Waals surface area contributed by atoms with Crippen molar-refractivity contribution in [1.82, 2.24) is 15.3 Å². The molecule has 2 heterocycles. The molecule has 1 amide bonds. The van der Waals surface area contributed by atoms with Crippen molar-refractivity contribution in [2.45, 2.75) is 51.0 Å². The Hall–Kier alpha value is -1.65. The first-order valence-electron chi connectivity index (χ1n) is 8.12. The van der Waals surface area contributed by atoms with Crippen LogP contribution in [-0.4, -0.2) is 35.0 Å². The van der Waals surface area contributed by atoms with Crippen molar-refractivity contribution in [3.8, 4) is 0 Å². The standard InChI is InChI=1S/C16H24N4O/c21-15(19-14-4-1-2-5-14)12-13-6-10-20(11-7-13)16-17-8-3-9-18-16/h3,8-9,13-14H,1-2,4-7,10-12H2,(H,19,21). The van der Waals surface area contributed by atoms with Gasteiger partial charge in [-0.05, 0) is 37.7 Å². The minimum Gasteiger partial charge on any atom is -0.353 e. The lowest BCUT2D eigenvalue weighted by atomic mass is 9.93. The maximum Gasteiger partial charge on any atom is 0.225 e. The van der Waals surface area contributed by atoms with Crippen molar-refractivity contribution in [2.75, 3.05) is 18.0 Å². The third kappa shape index (κ3) is 3.93. The Morgan fingerprint density at radius 2 is 1.81 bits per heavy atom. The molecule has 1 saturated carbocycles. The Labute approximate surface area is 126 Å². The van der Waals surface area contributed by atoms with Crippen molar-refractivity contribution < 1.29 is 4.79 Å². The predicted molar refractivity (Wildman–Crippen MR) is 82.0 cm³/mol. The summed E-state index contributed by atoms with van der Waals surface area (Å²) in [6, 6.07) is 2.28. The second-order valence-corrected chi connectivity index (χ2v) is 6.23. The number of nitrogens with zero attached hydrogens (tertiary/aromatic N) is 3. The highest BCUT2D eigenvalue weighted by Crippen LogP contribution is 2.23. The molecular formula is C16H24N4O. The smallest absolute Gasteiger partial charge is 0.225 e. The summed E-state index contributed by atoms with van der Waals surface area (Å²) in [5.41, 5.74) is 0. The lowest BCUT2D eigenvalue weighted by Gasteiger charge is -2.31. The number of carbonyl (C=O) groups excluding carboxylic acids is 1. The maximum absolute atomic E-state index is 12.1. The number of anilines is 1. The molecule has 1 saturated heterocycles. The van der Waals surface area contributed by atoms with Crippen LogP contribution < -0.4 is 10.2 Å². The second kappa shape index (κ2) is 6.87. The molecule has 1 aliphatic carbocycles. The van der Waals surface area contributed by atoms with Crippen LogP contribution in [0, 0.1) is 5.92 Å². The SMILES string of the molecule is O=C(CC1CCN(c2ncccn2)CC1)NC1CCCC1. The third-order valence-corrected chi connectivity index (χ3v) is 4.64. The lowest BCUT2D eigenvalue weighted by Crippen LogP contribution is -2.38. The molecular weight excluding hydrogens is 264 g/mol. The van der Waals surface area contributed by atoms with Gasteiger partial charge >= 0.3 is 0 Å². The number of carbonyl (C=O) groups is 1. The minimum atomic E-state index is 0.247. The summed E-state index contributed by atoms with van der Waals surface area (Å²) in [6.07, 6.45) is 11.2. The fourth-order valence-electron chi connectivity index (χ4n) is 3.41. The molecule has 3 rings (SSSR count). The highest BCUT2D eigenvalue weighted by molar-refractivity contribution is 5.76. The van der Waals surface area contributed by atoms with E-state index in [-0.39, 0.29) is 5.91 Å². The largest absolute Gasteiger partial charge is 0.353 e. The summed E-state index contributed by atoms with van der Waals surface area (Å²) in [5, 5.41) is 3.19. The van der Waals surface area contributed by atoms with E-state index in [9.17, 15) is 4.79 Å². The zero-order chi connectivity index (χ0) is 14.5. The Bertz CT molecular complexity index is 451. The van der Waals surface area contributed by atoms with Crippen LogP contribution in [-0.2, 0) is 4.79 Å². The third-order valence-electron chi connectivity index (χ3n) is 4.64. The van der Waals surface area contributed by atoms with Gasteiger partial charge in [0, 0.05) is 37.9 Å². The van der Waals surface area contributed by atoms with Crippen molar-refractivity contribution in [3.05, 3.63) is 18.5 Å². The number of rotatable bonds is 4. The van der Waals surface area contributed by atoms with Gasteiger partial charge in [0.1, 0.15) is 0 Å². The van der Waals surface area contributed by atoms with Crippen LogP contribution in [0.15, 0.2) is 18.5 Å². The Balaban J connectivity index is 1.42. The van der Waals surface area contributed by atoms with E-state index in [1.807, 2.05) is 6.07 Å². The molecule has 1 aromatic heterocycles. The average molecular weight is 288 g/mol. The van der Waals surface area contributed by atoms with E-state index in [0.717, 1.165) is 44.7 Å². The summed E-state index contributed by atoms with van der Waals surface area (Å²) in [5.74, 6) is 1.56. The molecule has 114 valence electrons. The molecule has 2 fully saturated rings. The van der Waals surface area contributed by atoms with Crippen LogP contribution >= 0.6 is 0 Å². The quantitative estimate of drug-likeness (QED) is 0.922. The number of piperidine rings is 1. The number of hydrogen-bond acceptors (Lipinski definition) is 4. The summed E-state index contributed by atoms with van der Waals surface area (Å²) in [6.45, 7) is 1.90. The first-order valence-corrected chi connectivity index (χ1v) is 8.12. The molecule has 1 aliphatic heterocycles. The van der Waals surface area contributed by atoms with E-state index in [1.165, 1.54) is 12.8 Å². The van der Waals surface area contributed by atoms with Gasteiger partial charge in [-0.15, -0.1) is 0 Å². The molecule has 2 aliphatic rings. The second-order valence-electron chi connectivity index (χ2n) is 6.23. The molecule has 1 N–H and O–H groups in total. The number of amides is 1. The van der Waals surface area contributed by atoms with Gasteiger partial charge in [0.05, 0.1) is 0 Å². The molecule has 0 unspecified atom stereocenters. The van der Waals surface area contributed by atoms with Crippen LogP contribution in [0.5, 0.6) is 0 Å². The Morgan fingerprint density at radius 1 is 1.14 bits per heavy atom. The van der Waals surface area contributed by atoms with E-state index < -0.39 is 0 Å². The van der Waals surface area contributed by atoms with Crippen molar-refractivity contribution in [3.63, 3.8) is 0 Å². The van der Waals surface area contributed by atoms with Crippen molar-refractivity contribution in [2.24, 2.45) is 5.92 Å². The fourth-order valence-corrected chi connectivity index (χ4v) is 3.41. The summed E-state index contributed by atoms with van der Waals surface area (Å²) in [4.78, 5) is 22.9. The Morgan fingerprint density at radius 3 is 2.48 bits per heavy atom. The van der Waals surface area contributed by atoms with E-state index in [2.05, 4.69) is 20.2 Å². The molecule has 21 heavy (non-hydrogen) atoms. The molecule has 5 heteroatoms. The predicted octanol–water partition coefficient (Wildman–Crippen LogP) is 2.14. The number of aromatic nitrogens is 2. The first kappa shape index (κ1) is 14.3. The Kier molecular flexibility index (Phi) is 4.68. The van der Waals surface area contributed by atoms with E-state index in [0.29, 0.717) is 18.4 Å². The maximum atomic E-state index is 12.1. The highest BCUT2D eigenvalue weighted by atomic mass is 16.1. The van der Waals surface area contributed by atoms with Crippen LogP contribution in [0.1, 0.15) is 44.9 Å². The van der Waals surface area contributed by atoms with Gasteiger partial charge in [0.15, 0.2) is 0 Å². The van der Waals surface area contributed by atoms with Gasteiger partial charge in [0.2, 0.25) is 11.9 Å². The molecule has 0 bridgehead atoms. The molecule has 0 aromatic carbocycles. The zero-order valence-corrected chi connectivity index (χ0v) is 12.5. The number of hydrogen-bond donors (Lipinski definition) is 1. The van der Waals surface area contributed by atoms with E-state index in [4.69, 9.17) is 0 Å². The lowest BCUT2D eigenvalue weighted by molar-refractivity contribution is -0.122. The first-order chi connectivity index (χ1) is 10.3. The van der Waals surface area contributed by atoms with Crippen LogP contribution in [0.25, 0.3) is 0 Å².